The Kier molecular flexibility index (Phi) is 2.64. The van der Waals surface area contributed by atoms with E-state index in [-0.39, 0.29) is 0 Å². The van der Waals surface area contributed by atoms with Gasteiger partial charge in [-0.1, -0.05) is 21.1 Å². The zero-order valence-corrected chi connectivity index (χ0v) is 10.7. The Morgan fingerprint density at radius 1 is 1.22 bits per heavy atom. The van der Waals surface area contributed by atoms with Crippen LogP contribution < -0.4 is 5.73 Å². The van der Waals surface area contributed by atoms with Crippen molar-refractivity contribution in [1.82, 2.24) is 10.1 Å². The van der Waals surface area contributed by atoms with Crippen molar-refractivity contribution in [2.45, 2.75) is 0 Å². The summed E-state index contributed by atoms with van der Waals surface area (Å²) in [4.78, 5) is 4.28. The Balaban J connectivity index is 2.03. The number of hydrogen-bond donors (Lipinski definition) is 1. The molecule has 0 radical (unpaired) electrons. The van der Waals surface area contributed by atoms with Crippen LogP contribution in [0.4, 0.5) is 5.69 Å². The molecule has 0 saturated carbocycles. The molecule has 1 aromatic carbocycles. The highest BCUT2D eigenvalue weighted by molar-refractivity contribution is 9.10. The van der Waals surface area contributed by atoms with E-state index in [1.54, 1.807) is 24.7 Å². The van der Waals surface area contributed by atoms with Crippen LogP contribution in [0.3, 0.4) is 0 Å². The molecule has 0 saturated heterocycles. The van der Waals surface area contributed by atoms with Crippen LogP contribution in [-0.4, -0.2) is 10.1 Å². The number of nitrogens with zero attached hydrogens (tertiary/aromatic N) is 2. The lowest BCUT2D eigenvalue weighted by atomic mass is 10.2. The van der Waals surface area contributed by atoms with Crippen molar-refractivity contribution in [1.29, 1.82) is 0 Å². The fraction of sp³-hybridized carbons (Fsp3) is 0. The predicted molar refractivity (Wildman–Crippen MR) is 69.5 cm³/mol. The molecular weight excluding hydrogens is 298 g/mol. The lowest BCUT2D eigenvalue weighted by molar-refractivity contribution is 0.432. The third-order valence-corrected chi connectivity index (χ3v) is 2.94. The second kappa shape index (κ2) is 4.30. The molecule has 0 aliphatic carbocycles. The number of furan rings is 1. The van der Waals surface area contributed by atoms with Crippen molar-refractivity contribution < 1.29 is 8.94 Å². The molecule has 18 heavy (non-hydrogen) atoms. The van der Waals surface area contributed by atoms with E-state index in [2.05, 4.69) is 26.1 Å². The van der Waals surface area contributed by atoms with Crippen molar-refractivity contribution in [2.75, 3.05) is 5.73 Å². The van der Waals surface area contributed by atoms with Gasteiger partial charge in [-0.15, -0.1) is 0 Å². The van der Waals surface area contributed by atoms with Gasteiger partial charge in [0, 0.05) is 10.2 Å². The molecule has 0 atom stereocenters. The Hall–Kier alpha value is -2.08. The first-order valence-corrected chi connectivity index (χ1v) is 5.95. The quantitative estimate of drug-likeness (QED) is 0.735. The minimum absolute atomic E-state index is 0.385. The zero-order valence-electron chi connectivity index (χ0n) is 9.13. The highest BCUT2D eigenvalue weighted by atomic mass is 79.9. The van der Waals surface area contributed by atoms with Crippen LogP contribution in [0.15, 0.2) is 50.2 Å². The molecule has 3 aromatic rings. The summed E-state index contributed by atoms with van der Waals surface area (Å²) < 4.78 is 11.1. The predicted octanol–water partition coefficient (Wildman–Crippen LogP) is 3.34. The molecular formula is C12H8BrN3O2. The van der Waals surface area contributed by atoms with Crippen LogP contribution in [0.2, 0.25) is 0 Å². The molecule has 0 fully saturated rings. The van der Waals surface area contributed by atoms with Crippen molar-refractivity contribution >= 4 is 21.6 Å². The molecule has 0 unspecified atom stereocenters. The maximum absolute atomic E-state index is 5.91. The van der Waals surface area contributed by atoms with Gasteiger partial charge in [0.2, 0.25) is 5.82 Å². The molecule has 0 aliphatic rings. The Labute approximate surface area is 111 Å². The topological polar surface area (TPSA) is 78.1 Å². The molecule has 2 heterocycles. The minimum atomic E-state index is 0.385. The SMILES string of the molecule is Nc1cc(Br)ccc1-c1nc(-c2ccoc2)no1. The highest BCUT2D eigenvalue weighted by Gasteiger charge is 2.13. The lowest BCUT2D eigenvalue weighted by Crippen LogP contribution is -1.90. The molecule has 0 bridgehead atoms. The molecule has 6 heteroatoms. The molecule has 0 spiro atoms. The van der Waals surface area contributed by atoms with E-state index in [1.807, 2.05) is 12.1 Å². The number of nitrogen functional groups attached to an aromatic ring is 1. The number of rotatable bonds is 2. The summed E-state index contributed by atoms with van der Waals surface area (Å²) in [5, 5.41) is 3.89. The van der Waals surface area contributed by atoms with Gasteiger partial charge in [-0.05, 0) is 24.3 Å². The average molecular weight is 306 g/mol. The van der Waals surface area contributed by atoms with Gasteiger partial charge in [0.1, 0.15) is 6.26 Å². The molecule has 5 nitrogen and oxygen atoms in total. The number of aromatic nitrogens is 2. The van der Waals surface area contributed by atoms with Crippen LogP contribution in [0.5, 0.6) is 0 Å². The van der Waals surface area contributed by atoms with E-state index in [0.29, 0.717) is 23.0 Å². The molecule has 2 N–H and O–H groups in total. The summed E-state index contributed by atoms with van der Waals surface area (Å²) in [5.74, 6) is 0.859. The average Bonchev–Trinajstić information content (AvgIpc) is 2.99. The number of halogens is 1. The largest absolute Gasteiger partial charge is 0.472 e. The Morgan fingerprint density at radius 3 is 2.83 bits per heavy atom. The van der Waals surface area contributed by atoms with Gasteiger partial charge in [-0.2, -0.15) is 4.98 Å². The summed E-state index contributed by atoms with van der Waals surface area (Å²) in [5.41, 5.74) is 7.95. The van der Waals surface area contributed by atoms with E-state index >= 15 is 0 Å². The second-order valence-electron chi connectivity index (χ2n) is 3.67. The maximum atomic E-state index is 5.91. The van der Waals surface area contributed by atoms with E-state index in [1.165, 1.54) is 0 Å². The maximum Gasteiger partial charge on any atom is 0.260 e. The van der Waals surface area contributed by atoms with Gasteiger partial charge in [-0.3, -0.25) is 0 Å². The van der Waals surface area contributed by atoms with Crippen molar-refractivity contribution in [2.24, 2.45) is 0 Å². The summed E-state index contributed by atoms with van der Waals surface area (Å²) in [6.45, 7) is 0. The van der Waals surface area contributed by atoms with Crippen LogP contribution in [0.1, 0.15) is 0 Å². The van der Waals surface area contributed by atoms with Crippen LogP contribution in [0.25, 0.3) is 22.8 Å². The van der Waals surface area contributed by atoms with E-state index in [9.17, 15) is 0 Å². The first-order valence-electron chi connectivity index (χ1n) is 5.16. The molecule has 0 aliphatic heterocycles. The van der Waals surface area contributed by atoms with E-state index in [0.717, 1.165) is 10.0 Å². The van der Waals surface area contributed by atoms with E-state index in [4.69, 9.17) is 14.7 Å². The van der Waals surface area contributed by atoms with E-state index < -0.39 is 0 Å². The van der Waals surface area contributed by atoms with Gasteiger partial charge >= 0.3 is 0 Å². The molecule has 90 valence electrons. The standard InChI is InChI=1S/C12H8BrN3O2/c13-8-1-2-9(10(14)5-8)12-15-11(16-18-12)7-3-4-17-6-7/h1-6H,14H2. The number of nitrogens with two attached hydrogens (primary N) is 1. The van der Waals surface area contributed by atoms with Gasteiger partial charge in [0.15, 0.2) is 0 Å². The van der Waals surface area contributed by atoms with Gasteiger partial charge in [0.25, 0.3) is 5.89 Å². The third-order valence-electron chi connectivity index (χ3n) is 2.45. The summed E-state index contributed by atoms with van der Waals surface area (Å²) in [6.07, 6.45) is 3.11. The van der Waals surface area contributed by atoms with Crippen molar-refractivity contribution in [3.05, 3.63) is 41.3 Å². The summed E-state index contributed by atoms with van der Waals surface area (Å²) in [6, 6.07) is 7.25. The summed E-state index contributed by atoms with van der Waals surface area (Å²) in [7, 11) is 0. The first-order chi connectivity index (χ1) is 8.74. The Bertz CT molecular complexity index is 676. The zero-order chi connectivity index (χ0) is 12.5. The number of anilines is 1. The first kappa shape index (κ1) is 11.0. The van der Waals surface area contributed by atoms with Gasteiger partial charge < -0.3 is 14.7 Å². The van der Waals surface area contributed by atoms with Crippen LogP contribution in [-0.2, 0) is 0 Å². The molecule has 2 aromatic heterocycles. The van der Waals surface area contributed by atoms with Crippen LogP contribution >= 0.6 is 15.9 Å². The smallest absolute Gasteiger partial charge is 0.260 e. The second-order valence-corrected chi connectivity index (χ2v) is 4.58. The van der Waals surface area contributed by atoms with Gasteiger partial charge in [0.05, 0.1) is 17.4 Å². The van der Waals surface area contributed by atoms with Gasteiger partial charge in [-0.25, -0.2) is 0 Å². The van der Waals surface area contributed by atoms with Crippen LogP contribution in [0, 0.1) is 0 Å². The number of benzene rings is 1. The fourth-order valence-electron chi connectivity index (χ4n) is 1.57. The highest BCUT2D eigenvalue weighted by Crippen LogP contribution is 2.28. The lowest BCUT2D eigenvalue weighted by Gasteiger charge is -2.00. The fourth-order valence-corrected chi connectivity index (χ4v) is 1.95. The Morgan fingerprint density at radius 2 is 2.11 bits per heavy atom. The normalized spacial score (nSPS) is 10.7. The van der Waals surface area contributed by atoms with Crippen molar-refractivity contribution in [3.63, 3.8) is 0 Å². The van der Waals surface area contributed by atoms with Crippen molar-refractivity contribution in [3.8, 4) is 22.8 Å². The molecule has 0 amide bonds. The summed E-state index contributed by atoms with van der Waals surface area (Å²) >= 11 is 3.35. The third kappa shape index (κ3) is 1.91. The minimum Gasteiger partial charge on any atom is -0.472 e. The molecule has 3 rings (SSSR count). The monoisotopic (exact) mass is 305 g/mol. The number of hydrogen-bond acceptors (Lipinski definition) is 5.